The van der Waals surface area contributed by atoms with Gasteiger partial charge in [0.15, 0.2) is 0 Å². The molecule has 5 unspecified atom stereocenters. The second kappa shape index (κ2) is 7.67. The van der Waals surface area contributed by atoms with Crippen molar-refractivity contribution in [3.8, 4) is 0 Å². The van der Waals surface area contributed by atoms with Gasteiger partial charge in [0.25, 0.3) is 0 Å². The molecule has 6 fully saturated rings. The van der Waals surface area contributed by atoms with Gasteiger partial charge in [-0.3, -0.25) is 15.1 Å². The Labute approximate surface area is 179 Å². The van der Waals surface area contributed by atoms with Gasteiger partial charge in [0.2, 0.25) is 5.91 Å². The van der Waals surface area contributed by atoms with E-state index in [-0.39, 0.29) is 11.5 Å². The Hall–Kier alpha value is -0.770. The van der Waals surface area contributed by atoms with Crippen molar-refractivity contribution >= 4 is 5.91 Å². The Bertz CT molecular complexity index is 661. The molecule has 0 aromatic carbocycles. The summed E-state index contributed by atoms with van der Waals surface area (Å²) in [6.07, 6.45) is 6.78. The van der Waals surface area contributed by atoms with E-state index in [0.29, 0.717) is 41.9 Å². The summed E-state index contributed by atoms with van der Waals surface area (Å²) >= 11 is 0. The van der Waals surface area contributed by atoms with Gasteiger partial charge in [-0.2, -0.15) is 5.48 Å². The number of rotatable bonds is 4. The molecular weight excluding hydrogens is 382 g/mol. The first-order valence-corrected chi connectivity index (χ1v) is 12.1. The number of nitrogens with one attached hydrogen (secondary N) is 3. The van der Waals surface area contributed by atoms with E-state index in [9.17, 15) is 4.79 Å². The minimum Gasteiger partial charge on any atom is -0.378 e. The summed E-state index contributed by atoms with van der Waals surface area (Å²) in [4.78, 5) is 20.9. The zero-order chi connectivity index (χ0) is 20.3. The first-order chi connectivity index (χ1) is 14.6. The third kappa shape index (κ3) is 3.49. The van der Waals surface area contributed by atoms with Crippen LogP contribution in [-0.4, -0.2) is 85.5 Å². The Kier molecular flexibility index (Phi) is 5.08. The number of hydroxylamine groups is 1. The maximum atomic E-state index is 12.6. The van der Waals surface area contributed by atoms with Gasteiger partial charge < -0.3 is 15.0 Å². The van der Waals surface area contributed by atoms with E-state index < -0.39 is 0 Å². The van der Waals surface area contributed by atoms with Gasteiger partial charge in [-0.05, 0) is 44.4 Å². The van der Waals surface area contributed by atoms with Crippen molar-refractivity contribution in [1.82, 2.24) is 26.1 Å². The van der Waals surface area contributed by atoms with Gasteiger partial charge in [0.1, 0.15) is 0 Å². The lowest BCUT2D eigenvalue weighted by Gasteiger charge is -2.43. The minimum absolute atomic E-state index is 0.0360. The van der Waals surface area contributed by atoms with Crippen LogP contribution in [0.15, 0.2) is 0 Å². The predicted molar refractivity (Wildman–Crippen MR) is 111 cm³/mol. The second-order valence-electron chi connectivity index (χ2n) is 10.8. The zero-order valence-electron chi connectivity index (χ0n) is 18.1. The van der Waals surface area contributed by atoms with E-state index >= 15 is 0 Å². The number of amides is 1. The Balaban J connectivity index is 1.01. The molecule has 168 valence electrons. The molecule has 5 heterocycles. The summed E-state index contributed by atoms with van der Waals surface area (Å²) in [6, 6.07) is 1.95. The molecule has 30 heavy (non-hydrogen) atoms. The van der Waals surface area contributed by atoms with Gasteiger partial charge in [-0.1, -0.05) is 6.92 Å². The number of nitrogens with zero attached hydrogens (tertiary/aromatic N) is 2. The largest absolute Gasteiger partial charge is 0.378 e. The van der Waals surface area contributed by atoms with Gasteiger partial charge in [-0.15, -0.1) is 0 Å². The third-order valence-electron chi connectivity index (χ3n) is 8.81. The number of ether oxygens (including phenoxy) is 1. The predicted octanol–water partition coefficient (Wildman–Crippen LogP) is 0.253. The standard InChI is InChI=1S/C22H37N5O3/c1-22(4-5-22)21(28)26-6-2-14(3-7-26)17-9-20(30-25-17)18-8-19-15(10-23-18)11-24-27(19)16-12-29-13-16/h14-20,23-25H,2-13H2,1H3. The van der Waals surface area contributed by atoms with E-state index in [1.807, 2.05) is 0 Å². The quantitative estimate of drug-likeness (QED) is 0.603. The highest BCUT2D eigenvalue weighted by atomic mass is 16.7. The van der Waals surface area contributed by atoms with Crippen molar-refractivity contribution in [2.45, 2.75) is 75.7 Å². The molecule has 0 bridgehead atoms. The summed E-state index contributed by atoms with van der Waals surface area (Å²) < 4.78 is 5.42. The normalized spacial score (nSPS) is 42.2. The molecule has 1 aliphatic carbocycles. The van der Waals surface area contributed by atoms with Crippen molar-refractivity contribution in [2.24, 2.45) is 17.3 Å². The molecule has 8 nitrogen and oxygen atoms in total. The molecular formula is C22H37N5O3. The van der Waals surface area contributed by atoms with Gasteiger partial charge in [0.05, 0.1) is 25.4 Å². The Morgan fingerprint density at radius 1 is 1.03 bits per heavy atom. The summed E-state index contributed by atoms with van der Waals surface area (Å²) in [7, 11) is 0. The van der Waals surface area contributed by atoms with Crippen LogP contribution in [0.25, 0.3) is 0 Å². The summed E-state index contributed by atoms with van der Waals surface area (Å²) in [5.74, 6) is 1.68. The van der Waals surface area contributed by atoms with E-state index in [1.165, 1.54) is 0 Å². The van der Waals surface area contributed by atoms with E-state index in [2.05, 4.69) is 33.1 Å². The smallest absolute Gasteiger partial charge is 0.228 e. The molecule has 0 aromatic rings. The minimum atomic E-state index is -0.0360. The van der Waals surface area contributed by atoms with E-state index in [4.69, 9.17) is 9.57 Å². The van der Waals surface area contributed by atoms with Crippen molar-refractivity contribution in [2.75, 3.05) is 39.4 Å². The zero-order valence-corrected chi connectivity index (χ0v) is 18.1. The first kappa shape index (κ1) is 19.9. The van der Waals surface area contributed by atoms with Crippen molar-refractivity contribution < 1.29 is 14.4 Å². The molecule has 5 atom stereocenters. The number of carbonyl (C=O) groups excluding carboxylic acids is 1. The summed E-state index contributed by atoms with van der Waals surface area (Å²) in [6.45, 7) is 7.81. The molecule has 5 aliphatic heterocycles. The maximum Gasteiger partial charge on any atom is 0.228 e. The summed E-state index contributed by atoms with van der Waals surface area (Å²) in [5.41, 5.74) is 6.97. The van der Waals surface area contributed by atoms with Crippen LogP contribution in [0, 0.1) is 17.3 Å². The maximum absolute atomic E-state index is 12.6. The molecule has 0 aromatic heterocycles. The van der Waals surface area contributed by atoms with Crippen LogP contribution in [0.4, 0.5) is 0 Å². The fourth-order valence-corrected chi connectivity index (χ4v) is 6.27. The highest BCUT2D eigenvalue weighted by Gasteiger charge is 2.49. The molecule has 8 heteroatoms. The number of likely N-dealkylation sites (tertiary alicyclic amines) is 1. The Morgan fingerprint density at radius 3 is 2.53 bits per heavy atom. The van der Waals surface area contributed by atoms with Crippen molar-refractivity contribution in [3.05, 3.63) is 0 Å². The fourth-order valence-electron chi connectivity index (χ4n) is 6.27. The molecule has 1 amide bonds. The van der Waals surface area contributed by atoms with Crippen LogP contribution in [0.2, 0.25) is 0 Å². The van der Waals surface area contributed by atoms with E-state index in [0.717, 1.165) is 77.9 Å². The van der Waals surface area contributed by atoms with Crippen molar-refractivity contribution in [3.63, 3.8) is 0 Å². The second-order valence-corrected chi connectivity index (χ2v) is 10.8. The number of fused-ring (bicyclic) bond motifs is 1. The molecule has 6 rings (SSSR count). The highest BCUT2D eigenvalue weighted by molar-refractivity contribution is 5.84. The highest BCUT2D eigenvalue weighted by Crippen LogP contribution is 2.47. The molecule has 0 spiro atoms. The van der Waals surface area contributed by atoms with E-state index in [1.54, 1.807) is 0 Å². The van der Waals surface area contributed by atoms with Crippen LogP contribution in [0.3, 0.4) is 0 Å². The number of piperidine rings is 2. The van der Waals surface area contributed by atoms with Gasteiger partial charge in [0, 0.05) is 55.6 Å². The molecule has 1 saturated carbocycles. The number of hydrazine groups is 1. The van der Waals surface area contributed by atoms with Gasteiger partial charge in [-0.25, -0.2) is 5.01 Å². The number of hydrogen-bond donors (Lipinski definition) is 3. The number of hydrogen-bond acceptors (Lipinski definition) is 7. The number of carbonyl (C=O) groups is 1. The van der Waals surface area contributed by atoms with Crippen LogP contribution >= 0.6 is 0 Å². The first-order valence-electron chi connectivity index (χ1n) is 12.1. The van der Waals surface area contributed by atoms with Crippen molar-refractivity contribution in [1.29, 1.82) is 0 Å². The van der Waals surface area contributed by atoms with Crippen LogP contribution < -0.4 is 16.2 Å². The SMILES string of the molecule is CC1(C(=O)N2CCC(C3CC(C4CC5C(CN4)CNN5C4COC4)ON3)CC2)CC1. The average Bonchev–Trinajstić information content (AvgIpc) is 3.15. The topological polar surface area (TPSA) is 78.1 Å². The third-order valence-corrected chi connectivity index (χ3v) is 8.81. The lowest BCUT2D eigenvalue weighted by Crippen LogP contribution is -2.59. The summed E-state index contributed by atoms with van der Waals surface area (Å²) in [5, 5.41) is 6.26. The molecule has 6 aliphatic rings. The Morgan fingerprint density at radius 2 is 1.83 bits per heavy atom. The van der Waals surface area contributed by atoms with Crippen LogP contribution in [-0.2, 0) is 14.4 Å². The lowest BCUT2D eigenvalue weighted by molar-refractivity contribution is -0.138. The lowest BCUT2D eigenvalue weighted by atomic mass is 9.83. The molecule has 5 saturated heterocycles. The monoisotopic (exact) mass is 419 g/mol. The van der Waals surface area contributed by atoms with Gasteiger partial charge >= 0.3 is 0 Å². The fraction of sp³-hybridized carbons (Fsp3) is 0.955. The van der Waals surface area contributed by atoms with Crippen LogP contribution in [0.5, 0.6) is 0 Å². The molecule has 3 N–H and O–H groups in total. The average molecular weight is 420 g/mol. The molecule has 0 radical (unpaired) electrons. The van der Waals surface area contributed by atoms with Crippen LogP contribution in [0.1, 0.15) is 45.4 Å².